The summed E-state index contributed by atoms with van der Waals surface area (Å²) in [4.78, 5) is 18.7. The molecule has 9 nitrogen and oxygen atoms in total. The van der Waals surface area contributed by atoms with Crippen molar-refractivity contribution in [3.05, 3.63) is 29.3 Å². The van der Waals surface area contributed by atoms with Crippen molar-refractivity contribution in [3.63, 3.8) is 0 Å². The molecule has 0 spiro atoms. The van der Waals surface area contributed by atoms with E-state index in [1.807, 2.05) is 0 Å². The standard InChI is InChI=1S/C18H21O9P/c1-22-13-6-5-11-12(16(13)27-28(19,20)21)9-26-8-10-7-14(23-2)17(24-3)18(25-4)15(10)11/h5-7H,8-9H2,1-4H3,(H2,19,20,21). The Labute approximate surface area is 161 Å². The maximum absolute atomic E-state index is 11.5. The topological polar surface area (TPSA) is 113 Å². The molecule has 1 heterocycles. The van der Waals surface area contributed by atoms with Crippen molar-refractivity contribution in [2.24, 2.45) is 0 Å². The highest BCUT2D eigenvalue weighted by Gasteiger charge is 2.30. The largest absolute Gasteiger partial charge is 0.524 e. The lowest BCUT2D eigenvalue weighted by Gasteiger charge is -2.21. The normalized spacial score (nSPS) is 13.1. The van der Waals surface area contributed by atoms with Gasteiger partial charge in [-0.3, -0.25) is 9.79 Å². The molecule has 0 saturated heterocycles. The molecule has 2 N–H and O–H groups in total. The second-order valence-electron chi connectivity index (χ2n) is 5.88. The van der Waals surface area contributed by atoms with Gasteiger partial charge in [-0.15, -0.1) is 0 Å². The van der Waals surface area contributed by atoms with Gasteiger partial charge in [0, 0.05) is 11.1 Å². The van der Waals surface area contributed by atoms with Crippen molar-refractivity contribution in [3.8, 4) is 39.9 Å². The summed E-state index contributed by atoms with van der Waals surface area (Å²) in [6, 6.07) is 5.09. The molecule has 0 bridgehead atoms. The van der Waals surface area contributed by atoms with Crippen LogP contribution < -0.4 is 23.5 Å². The Hall–Kier alpha value is -2.45. The maximum Gasteiger partial charge on any atom is 0.524 e. The van der Waals surface area contributed by atoms with Gasteiger partial charge >= 0.3 is 7.82 Å². The first-order chi connectivity index (χ1) is 13.3. The zero-order valence-electron chi connectivity index (χ0n) is 15.8. The van der Waals surface area contributed by atoms with E-state index in [-0.39, 0.29) is 24.7 Å². The molecule has 0 fully saturated rings. The van der Waals surface area contributed by atoms with Gasteiger partial charge < -0.3 is 28.2 Å². The first-order valence-corrected chi connectivity index (χ1v) is 9.72. The molecule has 3 rings (SSSR count). The summed E-state index contributed by atoms with van der Waals surface area (Å²) in [5, 5.41) is 0. The van der Waals surface area contributed by atoms with Crippen LogP contribution in [0.4, 0.5) is 0 Å². The predicted molar refractivity (Wildman–Crippen MR) is 99.3 cm³/mol. The van der Waals surface area contributed by atoms with Crippen molar-refractivity contribution < 1.29 is 42.6 Å². The summed E-state index contributed by atoms with van der Waals surface area (Å²) >= 11 is 0. The highest BCUT2D eigenvalue weighted by atomic mass is 31.2. The predicted octanol–water partition coefficient (Wildman–Crippen LogP) is 2.89. The Morgan fingerprint density at radius 2 is 1.57 bits per heavy atom. The van der Waals surface area contributed by atoms with E-state index in [4.69, 9.17) is 28.2 Å². The third-order valence-electron chi connectivity index (χ3n) is 4.34. The molecule has 0 amide bonds. The molecule has 2 aromatic carbocycles. The minimum Gasteiger partial charge on any atom is -0.493 e. The van der Waals surface area contributed by atoms with Crippen molar-refractivity contribution in [1.82, 2.24) is 0 Å². The molecule has 0 saturated carbocycles. The van der Waals surface area contributed by atoms with Gasteiger partial charge in [0.1, 0.15) is 0 Å². The number of hydrogen-bond acceptors (Lipinski definition) is 7. The fourth-order valence-corrected chi connectivity index (χ4v) is 3.68. The number of rotatable bonds is 6. The fraction of sp³-hybridized carbons (Fsp3) is 0.333. The zero-order valence-corrected chi connectivity index (χ0v) is 16.7. The Morgan fingerprint density at radius 3 is 2.14 bits per heavy atom. The van der Waals surface area contributed by atoms with Gasteiger partial charge in [-0.05, 0) is 29.3 Å². The van der Waals surface area contributed by atoms with Gasteiger partial charge in [0.05, 0.1) is 41.7 Å². The summed E-state index contributed by atoms with van der Waals surface area (Å²) in [5.41, 5.74) is 2.47. The van der Waals surface area contributed by atoms with Crippen molar-refractivity contribution in [2.45, 2.75) is 13.2 Å². The monoisotopic (exact) mass is 412 g/mol. The molecule has 28 heavy (non-hydrogen) atoms. The number of phosphoric ester groups is 1. The van der Waals surface area contributed by atoms with Crippen LogP contribution in [0.2, 0.25) is 0 Å². The second kappa shape index (κ2) is 7.89. The van der Waals surface area contributed by atoms with E-state index < -0.39 is 7.82 Å². The van der Waals surface area contributed by atoms with Crippen molar-refractivity contribution in [1.29, 1.82) is 0 Å². The Kier molecular flexibility index (Phi) is 5.71. The van der Waals surface area contributed by atoms with Crippen LogP contribution in [0.3, 0.4) is 0 Å². The SMILES string of the molecule is COc1ccc2c(c1OP(=O)(O)O)COCc1cc(OC)c(OC)c(OC)c1-2. The summed E-state index contributed by atoms with van der Waals surface area (Å²) in [6.45, 7) is 0.267. The minimum absolute atomic E-state index is 0.0460. The van der Waals surface area contributed by atoms with E-state index >= 15 is 0 Å². The van der Waals surface area contributed by atoms with Crippen LogP contribution >= 0.6 is 7.82 Å². The van der Waals surface area contributed by atoms with E-state index in [1.165, 1.54) is 28.4 Å². The lowest BCUT2D eigenvalue weighted by atomic mass is 9.94. The molecule has 1 aliphatic rings. The smallest absolute Gasteiger partial charge is 0.493 e. The third-order valence-corrected chi connectivity index (χ3v) is 4.76. The number of phosphoric acid groups is 1. The van der Waals surface area contributed by atoms with Crippen LogP contribution in [0.5, 0.6) is 28.7 Å². The first-order valence-electron chi connectivity index (χ1n) is 8.19. The van der Waals surface area contributed by atoms with Crippen molar-refractivity contribution in [2.75, 3.05) is 28.4 Å². The van der Waals surface area contributed by atoms with Crippen LogP contribution in [0, 0.1) is 0 Å². The van der Waals surface area contributed by atoms with Crippen LogP contribution in [-0.2, 0) is 22.5 Å². The fourth-order valence-electron chi connectivity index (χ4n) is 3.24. The number of benzene rings is 2. The average Bonchev–Trinajstić information content (AvgIpc) is 2.84. The highest BCUT2D eigenvalue weighted by Crippen LogP contribution is 2.53. The van der Waals surface area contributed by atoms with Gasteiger partial charge in [0.15, 0.2) is 23.0 Å². The van der Waals surface area contributed by atoms with Crippen molar-refractivity contribution >= 4 is 7.82 Å². The summed E-state index contributed by atoms with van der Waals surface area (Å²) in [6.07, 6.45) is 0. The van der Waals surface area contributed by atoms with Gasteiger partial charge in [-0.25, -0.2) is 4.57 Å². The molecule has 152 valence electrons. The van der Waals surface area contributed by atoms with E-state index in [1.54, 1.807) is 18.2 Å². The lowest BCUT2D eigenvalue weighted by molar-refractivity contribution is 0.108. The number of ether oxygens (including phenoxy) is 5. The average molecular weight is 412 g/mol. The minimum atomic E-state index is -4.83. The van der Waals surface area contributed by atoms with Gasteiger partial charge in [0.2, 0.25) is 5.75 Å². The molecule has 1 aliphatic heterocycles. The lowest BCUT2D eigenvalue weighted by Crippen LogP contribution is -2.02. The van der Waals surface area contributed by atoms with Crippen LogP contribution in [0.15, 0.2) is 18.2 Å². The molecule has 0 unspecified atom stereocenters. The number of methoxy groups -OCH3 is 4. The molecule has 0 aromatic heterocycles. The Balaban J connectivity index is 2.35. The number of fused-ring (bicyclic) bond motifs is 3. The summed E-state index contributed by atoms with van der Waals surface area (Å²) in [5.74, 6) is 1.37. The summed E-state index contributed by atoms with van der Waals surface area (Å²) in [7, 11) is 1.07. The zero-order chi connectivity index (χ0) is 20.5. The molecular formula is C18H21O9P. The number of hydrogen-bond donors (Lipinski definition) is 2. The molecule has 10 heteroatoms. The quantitative estimate of drug-likeness (QED) is 0.692. The molecule has 0 radical (unpaired) electrons. The maximum atomic E-state index is 11.5. The van der Waals surface area contributed by atoms with Gasteiger partial charge in [-0.2, -0.15) is 0 Å². The summed E-state index contributed by atoms with van der Waals surface area (Å²) < 4.78 is 43.9. The second-order valence-corrected chi connectivity index (χ2v) is 7.04. The first kappa shape index (κ1) is 20.3. The van der Waals surface area contributed by atoms with E-state index in [2.05, 4.69) is 0 Å². The molecule has 0 aliphatic carbocycles. The van der Waals surface area contributed by atoms with Crippen LogP contribution in [-0.4, -0.2) is 38.2 Å². The van der Waals surface area contributed by atoms with Gasteiger partial charge in [0.25, 0.3) is 0 Å². The molecular weight excluding hydrogens is 391 g/mol. The Morgan fingerprint density at radius 1 is 0.893 bits per heavy atom. The molecule has 0 atom stereocenters. The Bertz CT molecular complexity index is 935. The molecule has 2 aromatic rings. The highest BCUT2D eigenvalue weighted by molar-refractivity contribution is 7.46. The van der Waals surface area contributed by atoms with E-state index in [0.717, 1.165) is 5.56 Å². The van der Waals surface area contributed by atoms with Crippen LogP contribution in [0.25, 0.3) is 11.1 Å². The van der Waals surface area contributed by atoms with Gasteiger partial charge in [-0.1, -0.05) is 0 Å². The van der Waals surface area contributed by atoms with E-state index in [0.29, 0.717) is 33.9 Å². The van der Waals surface area contributed by atoms with E-state index in [9.17, 15) is 14.4 Å². The third kappa shape index (κ3) is 3.62. The van der Waals surface area contributed by atoms with Crippen LogP contribution in [0.1, 0.15) is 11.1 Å².